The lowest BCUT2D eigenvalue weighted by Gasteiger charge is -2.56. The van der Waals surface area contributed by atoms with E-state index in [0.29, 0.717) is 38.3 Å². The second-order valence-electron chi connectivity index (χ2n) is 19.0. The Morgan fingerprint density at radius 3 is 1.47 bits per heavy atom. The Labute approximate surface area is 402 Å². The Balaban J connectivity index is 0.00000108. The summed E-state index contributed by atoms with van der Waals surface area (Å²) in [5.41, 5.74) is 0.848. The van der Waals surface area contributed by atoms with E-state index in [1.807, 2.05) is 62.2 Å². The molecule has 376 valence electrons. The number of unbranched alkanes of at least 4 members (excludes halogenated alkanes) is 2. The average molecular weight is 923 g/mol. The molecule has 10 nitrogen and oxygen atoms in total. The monoisotopic (exact) mass is 923 g/mol. The third-order valence-corrected chi connectivity index (χ3v) is 14.4. The summed E-state index contributed by atoms with van der Waals surface area (Å²) in [6.07, 6.45) is 8.98. The average Bonchev–Trinajstić information content (AvgIpc) is 3.30. The van der Waals surface area contributed by atoms with Gasteiger partial charge in [0, 0.05) is 30.8 Å². The third-order valence-electron chi connectivity index (χ3n) is 14.4. The van der Waals surface area contributed by atoms with Crippen LogP contribution in [0.1, 0.15) is 206 Å². The standard InChI is InChI=1S/C27H43NO4.C20H31NO2.C7H12O2.2CH4/c1-8-11-17-31-25(30)24(18-20(4)22-15-13-12-14-16-22)32-28-26(6,9-2)19-23(29)21(5)27(28,7)10-3;1-7-19(5)14-18(22)15(3)20(6,8-2)21(19)23-16(4)17-12-10-9-11-13-17;1-3-5-6-9-7(8)4-2;;/h12-16,20-21,24H,8-11,17-19H2,1-7H3;9-13,15-16H,7-8,14H2,1-6H3;4H,2-3,5-6H2,1H3;2*1H4. The number of nitrogens with zero attached hydrogens (tertiary/aromatic N) is 2. The molecule has 0 amide bonds. The van der Waals surface area contributed by atoms with Crippen molar-refractivity contribution >= 4 is 23.5 Å². The van der Waals surface area contributed by atoms with Gasteiger partial charge in [0.25, 0.3) is 0 Å². The molecule has 0 aromatic heterocycles. The summed E-state index contributed by atoms with van der Waals surface area (Å²) in [4.78, 5) is 62.0. The van der Waals surface area contributed by atoms with Gasteiger partial charge in [0.15, 0.2) is 6.10 Å². The number of carbonyl (C=O) groups is 4. The van der Waals surface area contributed by atoms with E-state index in [1.165, 1.54) is 11.6 Å². The molecule has 0 bridgehead atoms. The van der Waals surface area contributed by atoms with Crippen LogP contribution in [0.5, 0.6) is 0 Å². The summed E-state index contributed by atoms with van der Waals surface area (Å²) in [6.45, 7) is 33.5. The summed E-state index contributed by atoms with van der Waals surface area (Å²) >= 11 is 0. The molecule has 9 atom stereocenters. The number of carbonyl (C=O) groups excluding carboxylic acids is 4. The van der Waals surface area contributed by atoms with Crippen LogP contribution in [0.3, 0.4) is 0 Å². The lowest BCUT2D eigenvalue weighted by molar-refractivity contribution is -0.315. The predicted molar refractivity (Wildman–Crippen MR) is 272 cm³/mol. The topological polar surface area (TPSA) is 112 Å². The van der Waals surface area contributed by atoms with Crippen molar-refractivity contribution in [2.75, 3.05) is 13.2 Å². The van der Waals surface area contributed by atoms with Crippen LogP contribution >= 0.6 is 0 Å². The first-order chi connectivity index (χ1) is 30.2. The van der Waals surface area contributed by atoms with Gasteiger partial charge in [-0.25, -0.2) is 9.59 Å². The highest BCUT2D eigenvalue weighted by atomic mass is 16.7. The highest BCUT2D eigenvalue weighted by Crippen LogP contribution is 2.46. The van der Waals surface area contributed by atoms with E-state index in [1.54, 1.807) is 0 Å². The summed E-state index contributed by atoms with van der Waals surface area (Å²) in [7, 11) is 0. The molecule has 0 saturated carbocycles. The summed E-state index contributed by atoms with van der Waals surface area (Å²) in [5.74, 6) is -0.0922. The maximum atomic E-state index is 13.2. The van der Waals surface area contributed by atoms with Gasteiger partial charge in [-0.2, -0.15) is 10.1 Å². The Morgan fingerprint density at radius 2 is 1.08 bits per heavy atom. The number of benzene rings is 2. The van der Waals surface area contributed by atoms with Crippen molar-refractivity contribution in [3.63, 3.8) is 0 Å². The van der Waals surface area contributed by atoms with Crippen molar-refractivity contribution in [3.05, 3.63) is 84.4 Å². The summed E-state index contributed by atoms with van der Waals surface area (Å²) in [6, 6.07) is 20.5. The molecule has 10 heteroatoms. The van der Waals surface area contributed by atoms with Gasteiger partial charge >= 0.3 is 11.9 Å². The van der Waals surface area contributed by atoms with Crippen LogP contribution < -0.4 is 0 Å². The number of hydrogen-bond donors (Lipinski definition) is 0. The fraction of sp³-hybridized carbons (Fsp3) is 0.679. The van der Waals surface area contributed by atoms with Gasteiger partial charge in [-0.3, -0.25) is 19.3 Å². The number of ketones is 2. The van der Waals surface area contributed by atoms with E-state index in [4.69, 9.17) is 14.4 Å². The zero-order valence-corrected chi connectivity index (χ0v) is 42.3. The van der Waals surface area contributed by atoms with E-state index >= 15 is 0 Å². The quantitative estimate of drug-likeness (QED) is 0.0723. The van der Waals surface area contributed by atoms with Crippen molar-refractivity contribution in [2.24, 2.45) is 11.8 Å². The second-order valence-corrected chi connectivity index (χ2v) is 19.0. The van der Waals surface area contributed by atoms with Gasteiger partial charge in [-0.1, -0.05) is 157 Å². The Morgan fingerprint density at radius 1 is 0.667 bits per heavy atom. The van der Waals surface area contributed by atoms with E-state index in [2.05, 4.69) is 117 Å². The number of esters is 2. The van der Waals surface area contributed by atoms with Crippen molar-refractivity contribution in [1.29, 1.82) is 0 Å². The number of rotatable bonds is 20. The lowest BCUT2D eigenvalue weighted by Crippen LogP contribution is -2.67. The summed E-state index contributed by atoms with van der Waals surface area (Å²) < 4.78 is 10.3. The Hall–Kier alpha value is -3.70. The first-order valence-corrected chi connectivity index (χ1v) is 24.3. The highest BCUT2D eigenvalue weighted by molar-refractivity contribution is 5.85. The number of piperidine rings is 2. The molecule has 0 radical (unpaired) electrons. The van der Waals surface area contributed by atoms with Gasteiger partial charge in [0.05, 0.1) is 35.4 Å². The van der Waals surface area contributed by atoms with Crippen molar-refractivity contribution in [3.8, 4) is 0 Å². The van der Waals surface area contributed by atoms with Crippen molar-refractivity contribution in [1.82, 2.24) is 10.1 Å². The van der Waals surface area contributed by atoms with Crippen LogP contribution in [0.4, 0.5) is 0 Å². The van der Waals surface area contributed by atoms with Crippen LogP contribution in [-0.4, -0.2) is 75.1 Å². The van der Waals surface area contributed by atoms with Gasteiger partial charge in [0.2, 0.25) is 0 Å². The molecule has 0 aliphatic carbocycles. The normalized spacial score (nSPS) is 26.6. The molecular weight excluding hydrogens is 829 g/mol. The van der Waals surface area contributed by atoms with E-state index in [-0.39, 0.29) is 67.5 Å². The molecule has 0 spiro atoms. The molecule has 2 heterocycles. The largest absolute Gasteiger partial charge is 0.464 e. The van der Waals surface area contributed by atoms with E-state index < -0.39 is 17.2 Å². The minimum atomic E-state index is -0.723. The number of hydrogen-bond acceptors (Lipinski definition) is 10. The Kier molecular flexibility index (Phi) is 27.6. The molecule has 2 saturated heterocycles. The maximum Gasteiger partial charge on any atom is 0.337 e. The molecule has 4 rings (SSSR count). The molecule has 2 aliphatic rings. The minimum absolute atomic E-state index is 0. The zero-order chi connectivity index (χ0) is 48.3. The van der Waals surface area contributed by atoms with E-state index in [0.717, 1.165) is 56.9 Å². The molecule has 2 aromatic rings. The van der Waals surface area contributed by atoms with Crippen LogP contribution in [0, 0.1) is 11.8 Å². The lowest BCUT2D eigenvalue weighted by atomic mass is 9.70. The van der Waals surface area contributed by atoms with Crippen molar-refractivity contribution in [2.45, 2.75) is 223 Å². The van der Waals surface area contributed by atoms with Crippen LogP contribution in [0.25, 0.3) is 0 Å². The predicted octanol–water partition coefficient (Wildman–Crippen LogP) is 13.8. The smallest absolute Gasteiger partial charge is 0.337 e. The number of hydroxylamine groups is 4. The third kappa shape index (κ3) is 16.2. The fourth-order valence-electron chi connectivity index (χ4n) is 8.69. The van der Waals surface area contributed by atoms with Gasteiger partial charge < -0.3 is 9.47 Å². The molecular formula is C56H94N2O8. The van der Waals surface area contributed by atoms with E-state index in [9.17, 15) is 19.2 Å². The SMILES string of the molecule is C.C.C=CC(=O)OCCCC.CCC1(C)CC(=O)C(C)C(C)(CC)N1OC(C)c1ccccc1.CCCCOC(=O)C(CC(C)c1ccccc1)ON1C(C)(CC)CC(=O)C(C)C1(C)CC. The molecule has 2 aliphatic heterocycles. The molecule has 9 unspecified atom stereocenters. The number of ether oxygens (including phenoxy) is 2. The molecule has 66 heavy (non-hydrogen) atoms. The minimum Gasteiger partial charge on any atom is -0.464 e. The highest BCUT2D eigenvalue weighted by Gasteiger charge is 2.55. The van der Waals surface area contributed by atoms with Gasteiger partial charge in [-0.15, -0.1) is 0 Å². The zero-order valence-electron chi connectivity index (χ0n) is 42.3. The second kappa shape index (κ2) is 29.2. The van der Waals surface area contributed by atoms with Crippen LogP contribution in [-0.2, 0) is 38.3 Å². The van der Waals surface area contributed by atoms with Gasteiger partial charge in [-0.05, 0) is 96.6 Å². The van der Waals surface area contributed by atoms with Crippen molar-refractivity contribution < 1.29 is 38.3 Å². The number of Topliss-reactive ketones (excluding diaryl/α,β-unsaturated/α-hetero) is 2. The first-order valence-electron chi connectivity index (χ1n) is 24.3. The van der Waals surface area contributed by atoms with Crippen LogP contribution in [0.2, 0.25) is 0 Å². The van der Waals surface area contributed by atoms with Crippen LogP contribution in [0.15, 0.2) is 73.3 Å². The Bertz CT molecular complexity index is 1740. The first kappa shape index (κ1) is 62.3. The fourth-order valence-corrected chi connectivity index (χ4v) is 8.69. The summed E-state index contributed by atoms with van der Waals surface area (Å²) in [5, 5.41) is 4.15. The molecule has 0 N–H and O–H groups in total. The van der Waals surface area contributed by atoms with Gasteiger partial charge in [0.1, 0.15) is 17.7 Å². The molecule has 2 aromatic carbocycles. The maximum absolute atomic E-state index is 13.2. The molecule has 2 fully saturated rings.